The first-order valence-corrected chi connectivity index (χ1v) is 11.8. The Bertz CT molecular complexity index is 1090. The molecule has 2 amide bonds. The molecule has 1 aromatic heterocycles. The highest BCUT2D eigenvalue weighted by atomic mass is 19.4. The van der Waals surface area contributed by atoms with Crippen molar-refractivity contribution in [2.45, 2.75) is 64.0 Å². The highest BCUT2D eigenvalue weighted by molar-refractivity contribution is 5.97. The summed E-state index contributed by atoms with van der Waals surface area (Å²) in [7, 11) is 1.45. The minimum Gasteiger partial charge on any atom is -0.371 e. The first kappa shape index (κ1) is 28.3. The lowest BCUT2D eigenvalue weighted by molar-refractivity contribution is -0.150. The lowest BCUT2D eigenvalue weighted by atomic mass is 9.90. The first-order valence-electron chi connectivity index (χ1n) is 11.8. The third-order valence-electron chi connectivity index (χ3n) is 6.29. The van der Waals surface area contributed by atoms with Gasteiger partial charge in [-0.2, -0.15) is 26.3 Å². The molecule has 0 bridgehead atoms. The summed E-state index contributed by atoms with van der Waals surface area (Å²) in [6.45, 7) is 3.50. The van der Waals surface area contributed by atoms with Crippen molar-refractivity contribution >= 4 is 23.2 Å². The van der Waals surface area contributed by atoms with Crippen LogP contribution >= 0.6 is 0 Å². The van der Waals surface area contributed by atoms with Gasteiger partial charge in [0.1, 0.15) is 11.4 Å². The molecular weight excluding hydrogens is 502 g/mol. The number of carbonyl (C=O) groups is 2. The second-order valence-electron chi connectivity index (χ2n) is 9.41. The minimum atomic E-state index is -5.02. The van der Waals surface area contributed by atoms with Crippen LogP contribution in [0.15, 0.2) is 36.4 Å². The van der Waals surface area contributed by atoms with Crippen LogP contribution in [-0.2, 0) is 17.1 Å². The number of aromatic nitrogens is 1. The van der Waals surface area contributed by atoms with Gasteiger partial charge in [0.25, 0.3) is 5.91 Å². The zero-order valence-corrected chi connectivity index (χ0v) is 20.5. The number of anilines is 2. The van der Waals surface area contributed by atoms with E-state index in [1.165, 1.54) is 11.9 Å². The Labute approximate surface area is 210 Å². The quantitative estimate of drug-likeness (QED) is 0.457. The molecule has 1 aliphatic rings. The van der Waals surface area contributed by atoms with E-state index in [9.17, 15) is 35.9 Å². The van der Waals surface area contributed by atoms with E-state index in [0.29, 0.717) is 49.1 Å². The van der Waals surface area contributed by atoms with Crippen LogP contribution in [0.4, 0.5) is 37.7 Å². The van der Waals surface area contributed by atoms with Crippen molar-refractivity contribution in [2.75, 3.05) is 17.3 Å². The Hall–Kier alpha value is -3.31. The SMILES string of the molecule is CC(C)C(=O)Nc1cccc(C(=O)N[C@H]2CC[C@@H](N(C)c3cc(C(F)(F)F)nc(C(F)(F)F)c3)CC2)c1. The van der Waals surface area contributed by atoms with E-state index in [1.54, 1.807) is 38.1 Å². The van der Waals surface area contributed by atoms with Crippen LogP contribution in [-0.4, -0.2) is 35.9 Å². The summed E-state index contributed by atoms with van der Waals surface area (Å²) < 4.78 is 79.0. The molecule has 6 nitrogen and oxygen atoms in total. The molecule has 1 aromatic carbocycles. The zero-order valence-electron chi connectivity index (χ0n) is 20.5. The third-order valence-corrected chi connectivity index (χ3v) is 6.29. The van der Waals surface area contributed by atoms with Gasteiger partial charge in [-0.25, -0.2) is 4.98 Å². The molecule has 1 fully saturated rings. The number of halogens is 6. The Kier molecular flexibility index (Phi) is 8.38. The average Bonchev–Trinajstić information content (AvgIpc) is 2.82. The van der Waals surface area contributed by atoms with Gasteiger partial charge in [-0.3, -0.25) is 9.59 Å². The largest absolute Gasteiger partial charge is 0.433 e. The van der Waals surface area contributed by atoms with Gasteiger partial charge in [0.15, 0.2) is 0 Å². The fourth-order valence-electron chi connectivity index (χ4n) is 4.12. The van der Waals surface area contributed by atoms with E-state index in [4.69, 9.17) is 0 Å². The number of hydrogen-bond acceptors (Lipinski definition) is 4. The van der Waals surface area contributed by atoms with Crippen LogP contribution in [0.25, 0.3) is 0 Å². The molecule has 1 aliphatic carbocycles. The predicted molar refractivity (Wildman–Crippen MR) is 126 cm³/mol. The smallest absolute Gasteiger partial charge is 0.371 e. The van der Waals surface area contributed by atoms with Crippen molar-refractivity contribution in [3.63, 3.8) is 0 Å². The highest BCUT2D eigenvalue weighted by Gasteiger charge is 2.39. The normalized spacial score (nSPS) is 18.4. The summed E-state index contributed by atoms with van der Waals surface area (Å²) in [6.07, 6.45) is -8.14. The maximum atomic E-state index is 13.2. The number of rotatable bonds is 6. The molecule has 0 saturated heterocycles. The number of nitrogens with zero attached hydrogens (tertiary/aromatic N) is 2. The monoisotopic (exact) mass is 530 g/mol. The Morgan fingerprint density at radius 3 is 2.03 bits per heavy atom. The lowest BCUT2D eigenvalue weighted by Crippen LogP contribution is -2.43. The zero-order chi connectivity index (χ0) is 27.5. The van der Waals surface area contributed by atoms with Gasteiger partial charge in [0.2, 0.25) is 5.91 Å². The number of nitrogens with one attached hydrogen (secondary N) is 2. The van der Waals surface area contributed by atoms with Gasteiger partial charge < -0.3 is 15.5 Å². The fraction of sp³-hybridized carbons (Fsp3) is 0.480. The van der Waals surface area contributed by atoms with Gasteiger partial charge in [-0.05, 0) is 56.0 Å². The highest BCUT2D eigenvalue weighted by Crippen LogP contribution is 2.37. The maximum Gasteiger partial charge on any atom is 0.433 e. The Morgan fingerprint density at radius 2 is 1.51 bits per heavy atom. The van der Waals surface area contributed by atoms with E-state index in [0.717, 1.165) is 0 Å². The van der Waals surface area contributed by atoms with Crippen molar-refractivity contribution < 1.29 is 35.9 Å². The topological polar surface area (TPSA) is 74.3 Å². The second-order valence-corrected chi connectivity index (χ2v) is 9.41. The van der Waals surface area contributed by atoms with Crippen molar-refractivity contribution in [2.24, 2.45) is 5.92 Å². The van der Waals surface area contributed by atoms with E-state index in [2.05, 4.69) is 15.6 Å². The molecular formula is C25H28F6N4O2. The maximum absolute atomic E-state index is 13.2. The molecule has 1 saturated carbocycles. The van der Waals surface area contributed by atoms with Crippen molar-refractivity contribution in [3.05, 3.63) is 53.3 Å². The second kappa shape index (κ2) is 11.0. The first-order chi connectivity index (χ1) is 17.1. The van der Waals surface area contributed by atoms with E-state index in [1.807, 2.05) is 0 Å². The van der Waals surface area contributed by atoms with Crippen LogP contribution in [0.3, 0.4) is 0 Å². The lowest BCUT2D eigenvalue weighted by Gasteiger charge is -2.36. The van der Waals surface area contributed by atoms with Gasteiger partial charge in [0.05, 0.1) is 0 Å². The summed E-state index contributed by atoms with van der Waals surface area (Å²) in [5, 5.41) is 5.65. The number of pyridine rings is 1. The molecule has 2 N–H and O–H groups in total. The molecule has 0 aliphatic heterocycles. The number of alkyl halides is 6. The number of hydrogen-bond donors (Lipinski definition) is 2. The molecule has 0 atom stereocenters. The fourth-order valence-corrected chi connectivity index (χ4v) is 4.12. The van der Waals surface area contributed by atoms with Gasteiger partial charge in [-0.15, -0.1) is 0 Å². The summed E-state index contributed by atoms with van der Waals surface area (Å²) >= 11 is 0. The average molecular weight is 531 g/mol. The molecule has 202 valence electrons. The molecule has 1 heterocycles. The predicted octanol–water partition coefficient (Wildman–Crippen LogP) is 5.89. The summed E-state index contributed by atoms with van der Waals surface area (Å²) in [5.74, 6) is -0.742. The summed E-state index contributed by atoms with van der Waals surface area (Å²) in [5.41, 5.74) is -2.57. The number of carbonyl (C=O) groups excluding carboxylic acids is 2. The van der Waals surface area contributed by atoms with Gasteiger partial charge in [0, 0.05) is 42.0 Å². The summed E-state index contributed by atoms with van der Waals surface area (Å²) in [4.78, 5) is 28.8. The van der Waals surface area contributed by atoms with Crippen molar-refractivity contribution in [1.82, 2.24) is 10.3 Å². The number of amides is 2. The van der Waals surface area contributed by atoms with E-state index < -0.39 is 23.7 Å². The van der Waals surface area contributed by atoms with Gasteiger partial charge >= 0.3 is 12.4 Å². The third kappa shape index (κ3) is 7.36. The molecule has 0 spiro atoms. The molecule has 12 heteroatoms. The van der Waals surface area contributed by atoms with Gasteiger partial charge in [-0.1, -0.05) is 19.9 Å². The van der Waals surface area contributed by atoms with Crippen LogP contribution in [0.1, 0.15) is 61.3 Å². The Morgan fingerprint density at radius 1 is 0.946 bits per heavy atom. The molecule has 3 rings (SSSR count). The van der Waals surface area contributed by atoms with Crippen molar-refractivity contribution in [1.29, 1.82) is 0 Å². The summed E-state index contributed by atoms with van der Waals surface area (Å²) in [6, 6.07) is 7.21. The minimum absolute atomic E-state index is 0.182. The van der Waals surface area contributed by atoms with Crippen molar-refractivity contribution in [3.8, 4) is 0 Å². The molecule has 37 heavy (non-hydrogen) atoms. The standard InChI is InChI=1S/C25H28F6N4O2/c1-14(2)22(36)33-17-6-4-5-15(11-17)23(37)32-16-7-9-18(10-8-16)35(3)19-12-20(24(26,27)28)34-21(13-19)25(29,30)31/h4-6,11-14,16,18H,7-10H2,1-3H3,(H,32,37)(H,33,36)/t16-,18+. The molecule has 0 radical (unpaired) electrons. The molecule has 0 unspecified atom stereocenters. The van der Waals surface area contributed by atoms with Crippen LogP contribution in [0, 0.1) is 5.92 Å². The van der Waals surface area contributed by atoms with Crippen LogP contribution < -0.4 is 15.5 Å². The van der Waals surface area contributed by atoms with Crippen LogP contribution in [0.2, 0.25) is 0 Å². The number of benzene rings is 1. The molecule has 2 aromatic rings. The Balaban J connectivity index is 1.64. The van der Waals surface area contributed by atoms with E-state index >= 15 is 0 Å². The van der Waals surface area contributed by atoms with Crippen LogP contribution in [0.5, 0.6) is 0 Å². The van der Waals surface area contributed by atoms with E-state index in [-0.39, 0.29) is 35.5 Å².